The fraction of sp³-hybridized carbons (Fsp3) is 0.216. The summed E-state index contributed by atoms with van der Waals surface area (Å²) >= 11 is 0. The van der Waals surface area contributed by atoms with Crippen LogP contribution >= 0.6 is 0 Å². The Kier molecular flexibility index (Phi) is 8.72. The number of carboxylic acid groups (broad SMARTS) is 1. The van der Waals surface area contributed by atoms with Crippen LogP contribution in [-0.2, 0) is 26.6 Å². The quantitative estimate of drug-likeness (QED) is 0.124. The Morgan fingerprint density at radius 3 is 2.47 bits per heavy atom. The third-order valence-electron chi connectivity index (χ3n) is 8.68. The summed E-state index contributed by atoms with van der Waals surface area (Å²) < 4.78 is 83.6. The van der Waals surface area contributed by atoms with Crippen molar-refractivity contribution in [2.24, 2.45) is 12.5 Å². The van der Waals surface area contributed by atoms with Crippen LogP contribution in [0.1, 0.15) is 51.4 Å². The summed E-state index contributed by atoms with van der Waals surface area (Å²) in [6, 6.07) is 9.68. The van der Waals surface area contributed by atoms with E-state index in [1.807, 2.05) is 0 Å². The number of rotatable bonds is 10. The number of pyridine rings is 2. The largest absolute Gasteiger partial charge is 0.478 e. The van der Waals surface area contributed by atoms with Crippen molar-refractivity contribution < 1.29 is 36.6 Å². The Balaban J connectivity index is 1.11. The molecule has 1 N–H and O–H groups in total. The van der Waals surface area contributed by atoms with Crippen molar-refractivity contribution in [1.82, 2.24) is 29.3 Å². The standard InChI is InChI=1S/C37H27F5N6O3/c1-47-17-22(16-44-47)6-5-21-9-28(41)31(43-15-21)18-51-34-4-2-3-30(45-34)25-14-26(39)23(10-27(25)40)13-33-46-35-29(42)11-24(36(49)50)12-32(35)48(33)20-37(19-38)7-8-37/h2-4,9-12,14-17H,7-8,13,18-20H2,1H3,(H,49,50). The van der Waals surface area contributed by atoms with Crippen LogP contribution in [0.25, 0.3) is 22.3 Å². The molecular formula is C37H27F5N6O3. The number of carbonyl (C=O) groups is 1. The number of hydrogen-bond donors (Lipinski definition) is 1. The van der Waals surface area contributed by atoms with Crippen molar-refractivity contribution in [3.63, 3.8) is 0 Å². The molecule has 6 aromatic rings. The molecule has 1 fully saturated rings. The molecule has 0 amide bonds. The summed E-state index contributed by atoms with van der Waals surface area (Å²) in [6.07, 6.45) is 5.55. The van der Waals surface area contributed by atoms with Crippen molar-refractivity contribution in [2.75, 3.05) is 6.67 Å². The highest BCUT2D eigenvalue weighted by Crippen LogP contribution is 2.48. The molecular weight excluding hydrogens is 671 g/mol. The predicted octanol–water partition coefficient (Wildman–Crippen LogP) is 6.80. The smallest absolute Gasteiger partial charge is 0.335 e. The zero-order valence-corrected chi connectivity index (χ0v) is 26.9. The average molecular weight is 699 g/mol. The van der Waals surface area contributed by atoms with Crippen molar-refractivity contribution in [1.29, 1.82) is 0 Å². The van der Waals surface area contributed by atoms with Gasteiger partial charge in [0.15, 0.2) is 5.82 Å². The second-order valence-electron chi connectivity index (χ2n) is 12.4. The number of aromatic nitrogens is 6. The Hall–Kier alpha value is -6.10. The van der Waals surface area contributed by atoms with Crippen LogP contribution < -0.4 is 4.74 Å². The number of benzene rings is 2. The van der Waals surface area contributed by atoms with E-state index in [4.69, 9.17) is 4.74 Å². The molecule has 1 aliphatic rings. The lowest BCUT2D eigenvalue weighted by Crippen LogP contribution is -2.16. The highest BCUT2D eigenvalue weighted by atomic mass is 19.1. The minimum atomic E-state index is -1.36. The summed E-state index contributed by atoms with van der Waals surface area (Å²) in [5.74, 6) is 1.29. The van der Waals surface area contributed by atoms with Crippen molar-refractivity contribution in [3.8, 4) is 29.0 Å². The highest BCUT2D eigenvalue weighted by Gasteiger charge is 2.44. The molecule has 51 heavy (non-hydrogen) atoms. The van der Waals surface area contributed by atoms with Crippen LogP contribution in [0.2, 0.25) is 0 Å². The molecule has 9 nitrogen and oxygen atoms in total. The number of carboxylic acids is 1. The lowest BCUT2D eigenvalue weighted by molar-refractivity contribution is 0.0696. The normalized spacial score (nSPS) is 13.2. The molecule has 1 saturated carbocycles. The highest BCUT2D eigenvalue weighted by molar-refractivity contribution is 5.92. The van der Waals surface area contributed by atoms with Gasteiger partial charge in [0.2, 0.25) is 5.88 Å². The zero-order valence-electron chi connectivity index (χ0n) is 26.9. The van der Waals surface area contributed by atoms with Gasteiger partial charge in [-0.3, -0.25) is 14.1 Å². The number of aromatic carboxylic acids is 1. The van der Waals surface area contributed by atoms with Crippen LogP contribution in [0, 0.1) is 40.5 Å². The minimum absolute atomic E-state index is 0.0105. The topological polar surface area (TPSA) is 108 Å². The number of aryl methyl sites for hydroxylation is 1. The third kappa shape index (κ3) is 7.00. The second kappa shape index (κ2) is 13.3. The zero-order chi connectivity index (χ0) is 35.9. The minimum Gasteiger partial charge on any atom is -0.478 e. The monoisotopic (exact) mass is 698 g/mol. The first-order chi connectivity index (χ1) is 24.5. The van der Waals surface area contributed by atoms with Crippen molar-refractivity contribution >= 4 is 17.0 Å². The molecule has 0 spiro atoms. The summed E-state index contributed by atoms with van der Waals surface area (Å²) in [7, 11) is 1.76. The number of ether oxygens (including phenoxy) is 1. The van der Waals surface area contributed by atoms with E-state index >= 15 is 8.78 Å². The van der Waals surface area contributed by atoms with Crippen LogP contribution in [0.5, 0.6) is 5.88 Å². The molecule has 0 unspecified atom stereocenters. The van der Waals surface area contributed by atoms with Gasteiger partial charge in [0.25, 0.3) is 0 Å². The van der Waals surface area contributed by atoms with E-state index in [1.54, 1.807) is 24.1 Å². The molecule has 0 aliphatic heterocycles. The maximum atomic E-state index is 15.6. The van der Waals surface area contributed by atoms with Crippen LogP contribution in [0.3, 0.4) is 0 Å². The Morgan fingerprint density at radius 1 is 0.961 bits per heavy atom. The summed E-state index contributed by atoms with van der Waals surface area (Å²) in [4.78, 5) is 24.3. The Labute approximate surface area is 287 Å². The molecule has 1 aliphatic carbocycles. The van der Waals surface area contributed by atoms with E-state index < -0.39 is 41.3 Å². The van der Waals surface area contributed by atoms with Gasteiger partial charge in [-0.25, -0.2) is 32.3 Å². The van der Waals surface area contributed by atoms with E-state index in [9.17, 15) is 23.1 Å². The van der Waals surface area contributed by atoms with Gasteiger partial charge in [-0.1, -0.05) is 17.9 Å². The van der Waals surface area contributed by atoms with E-state index in [0.29, 0.717) is 24.0 Å². The first-order valence-corrected chi connectivity index (χ1v) is 15.7. The maximum absolute atomic E-state index is 15.6. The first-order valence-electron chi connectivity index (χ1n) is 15.7. The van der Waals surface area contributed by atoms with E-state index in [2.05, 4.69) is 31.9 Å². The SMILES string of the molecule is Cn1cc(C#Cc2cnc(COc3cccc(-c4cc(F)c(Cc5nc6c(F)cc(C(=O)O)cc6n5CC5(CF)CC5)cc4F)n3)c(F)c2)cn1. The fourth-order valence-corrected chi connectivity index (χ4v) is 5.66. The fourth-order valence-electron chi connectivity index (χ4n) is 5.66. The first kappa shape index (κ1) is 33.4. The number of nitrogens with zero attached hydrogens (tertiary/aromatic N) is 6. The molecule has 0 saturated heterocycles. The van der Waals surface area contributed by atoms with Gasteiger partial charge in [-0.15, -0.1) is 0 Å². The van der Waals surface area contributed by atoms with Gasteiger partial charge >= 0.3 is 5.97 Å². The lowest BCUT2D eigenvalue weighted by atomic mass is 10.0. The molecule has 14 heteroatoms. The molecule has 4 aromatic heterocycles. The molecule has 0 radical (unpaired) electrons. The Bertz CT molecular complexity index is 2390. The third-order valence-corrected chi connectivity index (χ3v) is 8.68. The van der Waals surface area contributed by atoms with Gasteiger partial charge < -0.3 is 14.4 Å². The Morgan fingerprint density at radius 2 is 1.76 bits per heavy atom. The summed E-state index contributed by atoms with van der Waals surface area (Å²) in [5, 5.41) is 13.5. The van der Waals surface area contributed by atoms with Crippen molar-refractivity contribution in [3.05, 3.63) is 124 Å². The number of fused-ring (bicyclic) bond motifs is 1. The van der Waals surface area contributed by atoms with E-state index in [-0.39, 0.29) is 70.4 Å². The average Bonchev–Trinajstić information content (AvgIpc) is 3.64. The number of imidazole rings is 1. The van der Waals surface area contributed by atoms with Gasteiger partial charge in [0.1, 0.15) is 41.1 Å². The maximum Gasteiger partial charge on any atom is 0.335 e. The van der Waals surface area contributed by atoms with Gasteiger partial charge in [-0.2, -0.15) is 5.10 Å². The van der Waals surface area contributed by atoms with Crippen LogP contribution in [0.15, 0.2) is 67.1 Å². The van der Waals surface area contributed by atoms with Crippen molar-refractivity contribution in [2.45, 2.75) is 32.4 Å². The van der Waals surface area contributed by atoms with Gasteiger partial charge in [0.05, 0.1) is 35.2 Å². The summed E-state index contributed by atoms with van der Waals surface area (Å²) in [5.41, 5.74) is -0.311. The molecule has 258 valence electrons. The van der Waals surface area contributed by atoms with Crippen LogP contribution in [-0.4, -0.2) is 47.0 Å². The molecule has 2 aromatic carbocycles. The number of halogens is 5. The number of alkyl halides is 1. The molecule has 0 atom stereocenters. The lowest BCUT2D eigenvalue weighted by Gasteiger charge is -2.16. The predicted molar refractivity (Wildman–Crippen MR) is 174 cm³/mol. The van der Waals surface area contributed by atoms with Crippen LogP contribution in [0.4, 0.5) is 22.0 Å². The molecule has 4 heterocycles. The number of hydrogen-bond acceptors (Lipinski definition) is 6. The van der Waals surface area contributed by atoms with Gasteiger partial charge in [-0.05, 0) is 54.8 Å². The molecule has 7 rings (SSSR count). The second-order valence-corrected chi connectivity index (χ2v) is 12.4. The van der Waals surface area contributed by atoms with Gasteiger partial charge in [0, 0.05) is 55.0 Å². The van der Waals surface area contributed by atoms with E-state index in [0.717, 1.165) is 18.2 Å². The van der Waals surface area contributed by atoms with E-state index in [1.165, 1.54) is 41.1 Å². The summed E-state index contributed by atoms with van der Waals surface area (Å²) in [6.45, 7) is -0.880. The molecule has 0 bridgehead atoms.